The van der Waals surface area contributed by atoms with Crippen molar-refractivity contribution in [2.24, 2.45) is 16.5 Å². The van der Waals surface area contributed by atoms with Gasteiger partial charge in [0.15, 0.2) is 17.3 Å². The molecule has 0 radical (unpaired) electrons. The lowest BCUT2D eigenvalue weighted by Crippen LogP contribution is -2.58. The number of nitrogens with one attached hydrogen (secondary N) is 1. The van der Waals surface area contributed by atoms with Crippen molar-refractivity contribution in [3.05, 3.63) is 0 Å². The maximum absolute atomic E-state index is 12.7. The summed E-state index contributed by atoms with van der Waals surface area (Å²) >= 11 is 0. The van der Waals surface area contributed by atoms with E-state index in [9.17, 15) is 14.7 Å². The van der Waals surface area contributed by atoms with Crippen molar-refractivity contribution in [3.8, 4) is 0 Å². The molecule has 0 spiro atoms. The van der Waals surface area contributed by atoms with Gasteiger partial charge in [0.05, 0.1) is 0 Å². The van der Waals surface area contributed by atoms with Crippen molar-refractivity contribution < 1.29 is 14.7 Å². The summed E-state index contributed by atoms with van der Waals surface area (Å²) in [4.78, 5) is 28.4. The number of carbonyl (C=O) groups is 2. The molecule has 0 fully saturated rings. The fourth-order valence-electron chi connectivity index (χ4n) is 3.29. The molecule has 158 valence electrons. The molecule has 0 aromatic rings. The lowest BCUT2D eigenvalue weighted by Gasteiger charge is -2.29. The number of nitrogens with zero attached hydrogens (tertiary/aromatic N) is 1. The number of carboxylic acids is 1. The number of carboxylic acid groups (broad SMARTS) is 1. The van der Waals surface area contributed by atoms with Crippen LogP contribution < -0.4 is 16.8 Å². The molecule has 0 aliphatic rings. The van der Waals surface area contributed by atoms with Crippen molar-refractivity contribution in [1.29, 1.82) is 0 Å². The number of unbranched alkanes of at least 4 members (excludes halogenated alkanes) is 8. The minimum absolute atomic E-state index is 0.0274. The second-order valence-electron chi connectivity index (χ2n) is 7.15. The smallest absolute Gasteiger partial charge is 0.331 e. The molecule has 0 aliphatic heterocycles. The molecule has 0 unspecified atom stereocenters. The standard InChI is InChI=1S/C20H40N4O3/c1-3-5-6-7-8-9-10-11-12-14-17(25)20(18(26)27,24-4-2)15-13-16-23-19(21)22/h24H,3-16H2,1-2H3,(H,26,27)(H4,21,22,23)/t20-/m1/s1. The molecule has 0 aromatic heterocycles. The highest BCUT2D eigenvalue weighted by Gasteiger charge is 2.43. The van der Waals surface area contributed by atoms with Crippen LogP contribution in [0, 0.1) is 0 Å². The van der Waals surface area contributed by atoms with Gasteiger partial charge in [0.25, 0.3) is 0 Å². The van der Waals surface area contributed by atoms with Crippen molar-refractivity contribution in [2.75, 3.05) is 13.1 Å². The summed E-state index contributed by atoms with van der Waals surface area (Å²) in [6, 6.07) is 0. The third-order valence-corrected chi connectivity index (χ3v) is 4.83. The van der Waals surface area contributed by atoms with Gasteiger partial charge in [0, 0.05) is 13.0 Å². The molecule has 7 heteroatoms. The first-order valence-electron chi connectivity index (χ1n) is 10.5. The summed E-state index contributed by atoms with van der Waals surface area (Å²) < 4.78 is 0. The second-order valence-corrected chi connectivity index (χ2v) is 7.15. The van der Waals surface area contributed by atoms with Crippen LogP contribution in [0.3, 0.4) is 0 Å². The minimum Gasteiger partial charge on any atom is -0.480 e. The molecule has 0 rings (SSSR count). The average Bonchev–Trinajstić information content (AvgIpc) is 2.62. The van der Waals surface area contributed by atoms with Crippen molar-refractivity contribution in [2.45, 2.75) is 96.4 Å². The van der Waals surface area contributed by atoms with Crippen molar-refractivity contribution >= 4 is 17.7 Å². The first-order chi connectivity index (χ1) is 12.9. The summed E-state index contributed by atoms with van der Waals surface area (Å²) in [7, 11) is 0. The number of nitrogens with two attached hydrogens (primary N) is 2. The van der Waals surface area contributed by atoms with Crippen LogP contribution in [0.25, 0.3) is 0 Å². The van der Waals surface area contributed by atoms with Gasteiger partial charge < -0.3 is 16.6 Å². The number of aliphatic imine (C=N–C) groups is 1. The van der Waals surface area contributed by atoms with Gasteiger partial charge >= 0.3 is 5.97 Å². The number of aliphatic carboxylic acids is 1. The lowest BCUT2D eigenvalue weighted by atomic mass is 9.85. The van der Waals surface area contributed by atoms with Crippen molar-refractivity contribution in [1.82, 2.24) is 5.32 Å². The first-order valence-corrected chi connectivity index (χ1v) is 10.5. The number of rotatable bonds is 18. The van der Waals surface area contributed by atoms with Gasteiger partial charge in [-0.1, -0.05) is 65.2 Å². The van der Waals surface area contributed by atoms with E-state index in [4.69, 9.17) is 11.5 Å². The second kappa shape index (κ2) is 15.4. The van der Waals surface area contributed by atoms with Crippen LogP contribution in [0.5, 0.6) is 0 Å². The minimum atomic E-state index is -1.53. The lowest BCUT2D eigenvalue weighted by molar-refractivity contribution is -0.150. The number of hydrogen-bond acceptors (Lipinski definition) is 4. The number of likely N-dealkylation sites (N-methyl/N-ethyl adjacent to an activating group) is 1. The summed E-state index contributed by atoms with van der Waals surface area (Å²) in [6.45, 7) is 4.74. The maximum atomic E-state index is 12.7. The van der Waals surface area contributed by atoms with Crippen LogP contribution in [0.1, 0.15) is 90.9 Å². The molecule has 27 heavy (non-hydrogen) atoms. The SMILES string of the molecule is CCCCCCCCCCCC(=O)[C@@](CCCN=C(N)N)(NCC)C(=O)O. The van der Waals surface area contributed by atoms with E-state index in [1.807, 2.05) is 0 Å². The molecule has 7 nitrogen and oxygen atoms in total. The molecule has 0 heterocycles. The topological polar surface area (TPSA) is 131 Å². The predicted molar refractivity (Wildman–Crippen MR) is 111 cm³/mol. The van der Waals surface area contributed by atoms with Crippen molar-refractivity contribution in [3.63, 3.8) is 0 Å². The van der Waals surface area contributed by atoms with E-state index in [1.165, 1.54) is 38.5 Å². The number of ketones is 1. The van der Waals surface area contributed by atoms with Gasteiger partial charge in [-0.3, -0.25) is 15.1 Å². The summed E-state index contributed by atoms with van der Waals surface area (Å²) in [5.74, 6) is -1.39. The zero-order chi connectivity index (χ0) is 20.5. The molecular formula is C20H40N4O3. The van der Waals surface area contributed by atoms with Crippen LogP contribution in [0.2, 0.25) is 0 Å². The number of guanidine groups is 1. The molecular weight excluding hydrogens is 344 g/mol. The fraction of sp³-hybridized carbons (Fsp3) is 0.850. The van der Waals surface area contributed by atoms with E-state index < -0.39 is 11.5 Å². The highest BCUT2D eigenvalue weighted by atomic mass is 16.4. The van der Waals surface area contributed by atoms with Crippen LogP contribution in [0.4, 0.5) is 0 Å². The monoisotopic (exact) mass is 384 g/mol. The van der Waals surface area contributed by atoms with E-state index in [1.54, 1.807) is 6.92 Å². The third-order valence-electron chi connectivity index (χ3n) is 4.83. The van der Waals surface area contributed by atoms with E-state index in [-0.39, 0.29) is 24.6 Å². The van der Waals surface area contributed by atoms with Gasteiger partial charge in [-0.05, 0) is 25.8 Å². The maximum Gasteiger partial charge on any atom is 0.331 e. The molecule has 1 atom stereocenters. The first kappa shape index (κ1) is 25.4. The Labute approximate surface area is 164 Å². The van der Waals surface area contributed by atoms with Crippen LogP contribution in [-0.2, 0) is 9.59 Å². The van der Waals surface area contributed by atoms with E-state index in [2.05, 4.69) is 17.2 Å². The van der Waals surface area contributed by atoms with Gasteiger partial charge in [0.2, 0.25) is 0 Å². The third kappa shape index (κ3) is 11.0. The Balaban J connectivity index is 4.38. The van der Waals surface area contributed by atoms with E-state index >= 15 is 0 Å². The molecule has 6 N–H and O–H groups in total. The Morgan fingerprint density at radius 1 is 0.926 bits per heavy atom. The van der Waals surface area contributed by atoms with Gasteiger partial charge in [-0.2, -0.15) is 0 Å². The average molecular weight is 385 g/mol. The molecule has 0 saturated heterocycles. The van der Waals surface area contributed by atoms with Crippen LogP contribution in [-0.4, -0.2) is 41.4 Å². The number of hydrogen-bond donors (Lipinski definition) is 4. The largest absolute Gasteiger partial charge is 0.480 e. The summed E-state index contributed by atoms with van der Waals surface area (Å²) in [5.41, 5.74) is 9.04. The Morgan fingerprint density at radius 3 is 1.96 bits per heavy atom. The van der Waals surface area contributed by atoms with Gasteiger partial charge in [0.1, 0.15) is 0 Å². The van der Waals surface area contributed by atoms with E-state index in [0.29, 0.717) is 19.5 Å². The number of Topliss-reactive ketones (excluding diaryl/α,β-unsaturated/α-hetero) is 1. The zero-order valence-corrected chi connectivity index (χ0v) is 17.3. The molecule has 0 aliphatic carbocycles. The molecule has 0 bridgehead atoms. The summed E-state index contributed by atoms with van der Waals surface area (Å²) in [6.07, 6.45) is 11.3. The number of carbonyl (C=O) groups excluding carboxylic acids is 1. The highest BCUT2D eigenvalue weighted by Crippen LogP contribution is 2.20. The van der Waals surface area contributed by atoms with Crippen LogP contribution in [0.15, 0.2) is 4.99 Å². The Hall–Kier alpha value is -1.63. The predicted octanol–water partition coefficient (Wildman–Crippen LogP) is 2.96. The van der Waals surface area contributed by atoms with E-state index in [0.717, 1.165) is 19.3 Å². The fourth-order valence-corrected chi connectivity index (χ4v) is 3.29. The Kier molecular flexibility index (Phi) is 14.5. The van der Waals surface area contributed by atoms with Gasteiger partial charge in [-0.25, -0.2) is 4.79 Å². The molecule has 0 aromatic carbocycles. The quantitative estimate of drug-likeness (QED) is 0.124. The molecule has 0 saturated carbocycles. The highest BCUT2D eigenvalue weighted by molar-refractivity contribution is 6.07. The Morgan fingerprint density at radius 2 is 1.48 bits per heavy atom. The zero-order valence-electron chi connectivity index (χ0n) is 17.3. The summed E-state index contributed by atoms with van der Waals surface area (Å²) in [5, 5.41) is 12.6. The Bertz CT molecular complexity index is 451. The van der Waals surface area contributed by atoms with Gasteiger partial charge in [-0.15, -0.1) is 0 Å². The van der Waals surface area contributed by atoms with Crippen LogP contribution >= 0.6 is 0 Å². The normalized spacial score (nSPS) is 13.1. The molecule has 0 amide bonds.